The first-order chi connectivity index (χ1) is 7.70. The van der Waals surface area contributed by atoms with Crippen LogP contribution in [0.25, 0.3) is 10.6 Å². The third-order valence-corrected chi connectivity index (χ3v) is 3.78. The molecule has 84 valence electrons. The van der Waals surface area contributed by atoms with Gasteiger partial charge in [0.1, 0.15) is 5.01 Å². The number of nitrogens with two attached hydrogens (primary N) is 1. The first-order valence-electron chi connectivity index (χ1n) is 5.44. The zero-order valence-corrected chi connectivity index (χ0v) is 10.5. The fourth-order valence-corrected chi connectivity index (χ4v) is 2.50. The molecule has 2 rings (SSSR count). The number of rotatable bonds is 3. The van der Waals surface area contributed by atoms with Crippen molar-refractivity contribution >= 4 is 11.3 Å². The SMILES string of the molecule is Cc1nc(-c2ccc(CCN)cc2)sc1C. The maximum atomic E-state index is 5.52. The average Bonchev–Trinajstić information content (AvgIpc) is 2.61. The summed E-state index contributed by atoms with van der Waals surface area (Å²) in [6, 6.07) is 8.52. The number of hydrogen-bond donors (Lipinski definition) is 1. The van der Waals surface area contributed by atoms with E-state index < -0.39 is 0 Å². The van der Waals surface area contributed by atoms with Crippen molar-refractivity contribution in [3.05, 3.63) is 40.4 Å². The van der Waals surface area contributed by atoms with Crippen molar-refractivity contribution in [2.75, 3.05) is 6.54 Å². The summed E-state index contributed by atoms with van der Waals surface area (Å²) < 4.78 is 0. The van der Waals surface area contributed by atoms with E-state index in [1.807, 2.05) is 0 Å². The molecule has 0 atom stereocenters. The number of benzene rings is 1. The van der Waals surface area contributed by atoms with Gasteiger partial charge in [0.2, 0.25) is 0 Å². The summed E-state index contributed by atoms with van der Waals surface area (Å²) in [6.07, 6.45) is 0.941. The Morgan fingerprint density at radius 1 is 1.19 bits per heavy atom. The van der Waals surface area contributed by atoms with E-state index in [1.165, 1.54) is 16.0 Å². The van der Waals surface area contributed by atoms with E-state index in [4.69, 9.17) is 5.73 Å². The highest BCUT2D eigenvalue weighted by molar-refractivity contribution is 7.15. The van der Waals surface area contributed by atoms with E-state index in [9.17, 15) is 0 Å². The number of aryl methyl sites for hydroxylation is 2. The second-order valence-electron chi connectivity index (χ2n) is 3.90. The molecule has 0 saturated carbocycles. The van der Waals surface area contributed by atoms with Gasteiger partial charge in [0.25, 0.3) is 0 Å². The van der Waals surface area contributed by atoms with Crippen LogP contribution in [0.15, 0.2) is 24.3 Å². The molecule has 0 saturated heterocycles. The first kappa shape index (κ1) is 11.3. The molecule has 0 aliphatic rings. The lowest BCUT2D eigenvalue weighted by Crippen LogP contribution is -2.02. The zero-order valence-electron chi connectivity index (χ0n) is 9.66. The predicted molar refractivity (Wildman–Crippen MR) is 69.8 cm³/mol. The number of thiazole rings is 1. The molecule has 0 fully saturated rings. The van der Waals surface area contributed by atoms with E-state index in [2.05, 4.69) is 43.1 Å². The van der Waals surface area contributed by atoms with Crippen LogP contribution in [0.1, 0.15) is 16.1 Å². The monoisotopic (exact) mass is 232 g/mol. The van der Waals surface area contributed by atoms with E-state index in [0.29, 0.717) is 6.54 Å². The molecule has 1 heterocycles. The van der Waals surface area contributed by atoms with Crippen molar-refractivity contribution in [2.24, 2.45) is 5.73 Å². The number of aromatic nitrogens is 1. The van der Waals surface area contributed by atoms with Gasteiger partial charge in [-0.2, -0.15) is 0 Å². The second-order valence-corrected chi connectivity index (χ2v) is 5.10. The molecular weight excluding hydrogens is 216 g/mol. The van der Waals surface area contributed by atoms with E-state index in [1.54, 1.807) is 11.3 Å². The van der Waals surface area contributed by atoms with Gasteiger partial charge in [-0.3, -0.25) is 0 Å². The number of nitrogens with zero attached hydrogens (tertiary/aromatic N) is 1. The molecule has 1 aromatic carbocycles. The fourth-order valence-electron chi connectivity index (χ4n) is 1.58. The van der Waals surface area contributed by atoms with Gasteiger partial charge in [-0.15, -0.1) is 11.3 Å². The van der Waals surface area contributed by atoms with Gasteiger partial charge in [-0.25, -0.2) is 4.98 Å². The molecule has 16 heavy (non-hydrogen) atoms. The van der Waals surface area contributed by atoms with Crippen molar-refractivity contribution in [3.8, 4) is 10.6 Å². The van der Waals surface area contributed by atoms with Gasteiger partial charge in [-0.1, -0.05) is 24.3 Å². The van der Waals surface area contributed by atoms with Crippen LogP contribution in [0.3, 0.4) is 0 Å². The summed E-state index contributed by atoms with van der Waals surface area (Å²) in [5, 5.41) is 1.11. The largest absolute Gasteiger partial charge is 0.330 e. The van der Waals surface area contributed by atoms with Crippen LogP contribution in [0.4, 0.5) is 0 Å². The third kappa shape index (κ3) is 2.31. The highest BCUT2D eigenvalue weighted by atomic mass is 32.1. The lowest BCUT2D eigenvalue weighted by molar-refractivity contribution is 0.969. The summed E-state index contributed by atoms with van der Waals surface area (Å²) in [6.45, 7) is 4.87. The second kappa shape index (κ2) is 4.76. The highest BCUT2D eigenvalue weighted by Crippen LogP contribution is 2.27. The highest BCUT2D eigenvalue weighted by Gasteiger charge is 2.05. The molecule has 0 unspecified atom stereocenters. The maximum Gasteiger partial charge on any atom is 0.123 e. The summed E-state index contributed by atoms with van der Waals surface area (Å²) >= 11 is 1.75. The van der Waals surface area contributed by atoms with Gasteiger partial charge < -0.3 is 5.73 Å². The van der Waals surface area contributed by atoms with Gasteiger partial charge >= 0.3 is 0 Å². The summed E-state index contributed by atoms with van der Waals surface area (Å²) in [5.74, 6) is 0. The zero-order chi connectivity index (χ0) is 11.5. The van der Waals surface area contributed by atoms with E-state index in [-0.39, 0.29) is 0 Å². The molecule has 0 spiro atoms. The van der Waals surface area contributed by atoms with Gasteiger partial charge in [0.15, 0.2) is 0 Å². The van der Waals surface area contributed by atoms with E-state index in [0.717, 1.165) is 17.1 Å². The Balaban J connectivity index is 2.27. The molecule has 2 nitrogen and oxygen atoms in total. The average molecular weight is 232 g/mol. The van der Waals surface area contributed by atoms with Crippen molar-refractivity contribution < 1.29 is 0 Å². The minimum absolute atomic E-state index is 0.703. The Morgan fingerprint density at radius 2 is 1.88 bits per heavy atom. The molecule has 0 aliphatic heterocycles. The van der Waals surface area contributed by atoms with Crippen molar-refractivity contribution in [1.29, 1.82) is 0 Å². The maximum absolute atomic E-state index is 5.52. The summed E-state index contributed by atoms with van der Waals surface area (Å²) in [4.78, 5) is 5.84. The molecule has 0 bridgehead atoms. The van der Waals surface area contributed by atoms with E-state index >= 15 is 0 Å². The predicted octanol–water partition coefficient (Wildman–Crippen LogP) is 2.93. The van der Waals surface area contributed by atoms with Crippen molar-refractivity contribution in [2.45, 2.75) is 20.3 Å². The quantitative estimate of drug-likeness (QED) is 0.883. The molecular formula is C13H16N2S. The van der Waals surface area contributed by atoms with Gasteiger partial charge in [-0.05, 0) is 32.4 Å². The Labute approximate surface area is 100 Å². The van der Waals surface area contributed by atoms with Crippen LogP contribution in [-0.2, 0) is 6.42 Å². The lowest BCUT2D eigenvalue weighted by Gasteiger charge is -2.00. The molecule has 2 N–H and O–H groups in total. The topological polar surface area (TPSA) is 38.9 Å². The number of hydrogen-bond acceptors (Lipinski definition) is 3. The van der Waals surface area contributed by atoms with Gasteiger partial charge in [0, 0.05) is 10.4 Å². The minimum atomic E-state index is 0.703. The summed E-state index contributed by atoms with van der Waals surface area (Å²) in [5.41, 5.74) is 9.14. The third-order valence-electron chi connectivity index (χ3n) is 2.66. The molecule has 3 heteroatoms. The standard InChI is InChI=1S/C13H16N2S/c1-9-10(2)16-13(15-9)12-5-3-11(4-6-12)7-8-14/h3-6H,7-8,14H2,1-2H3. The Bertz CT molecular complexity index is 452. The fraction of sp³-hybridized carbons (Fsp3) is 0.308. The molecule has 0 amide bonds. The van der Waals surface area contributed by atoms with Crippen LogP contribution >= 0.6 is 11.3 Å². The lowest BCUT2D eigenvalue weighted by atomic mass is 10.1. The van der Waals surface area contributed by atoms with Crippen LogP contribution in [0.2, 0.25) is 0 Å². The normalized spacial score (nSPS) is 10.7. The van der Waals surface area contributed by atoms with Crippen LogP contribution in [0, 0.1) is 13.8 Å². The smallest absolute Gasteiger partial charge is 0.123 e. The Kier molecular flexibility index (Phi) is 3.36. The van der Waals surface area contributed by atoms with Crippen LogP contribution in [-0.4, -0.2) is 11.5 Å². The minimum Gasteiger partial charge on any atom is -0.330 e. The van der Waals surface area contributed by atoms with Crippen LogP contribution in [0.5, 0.6) is 0 Å². The first-order valence-corrected chi connectivity index (χ1v) is 6.26. The Hall–Kier alpha value is -1.19. The molecule has 2 aromatic rings. The molecule has 1 aromatic heterocycles. The van der Waals surface area contributed by atoms with Crippen molar-refractivity contribution in [1.82, 2.24) is 4.98 Å². The van der Waals surface area contributed by atoms with Crippen molar-refractivity contribution in [3.63, 3.8) is 0 Å². The Morgan fingerprint density at radius 3 is 2.38 bits per heavy atom. The summed E-state index contributed by atoms with van der Waals surface area (Å²) in [7, 11) is 0. The molecule has 0 aliphatic carbocycles. The van der Waals surface area contributed by atoms with Gasteiger partial charge in [0.05, 0.1) is 5.69 Å². The van der Waals surface area contributed by atoms with Crippen LogP contribution < -0.4 is 5.73 Å². The molecule has 0 radical (unpaired) electrons.